The summed E-state index contributed by atoms with van der Waals surface area (Å²) in [6.07, 6.45) is 2.57. The van der Waals surface area contributed by atoms with Crippen LogP contribution in [-0.2, 0) is 11.2 Å². The number of amides is 1. The van der Waals surface area contributed by atoms with Crippen molar-refractivity contribution in [2.24, 2.45) is 5.41 Å². The van der Waals surface area contributed by atoms with Gasteiger partial charge in [-0.1, -0.05) is 57.2 Å². The minimum Gasteiger partial charge on any atom is -0.493 e. The van der Waals surface area contributed by atoms with Crippen LogP contribution in [0.3, 0.4) is 0 Å². The van der Waals surface area contributed by atoms with E-state index in [0.717, 1.165) is 22.9 Å². The molecule has 2 aromatic heterocycles. The van der Waals surface area contributed by atoms with E-state index in [1.54, 1.807) is 20.4 Å². The molecule has 2 aromatic carbocycles. The number of fused-ring (bicyclic) bond motifs is 1. The molecule has 36 heavy (non-hydrogen) atoms. The molecule has 0 radical (unpaired) electrons. The average molecular weight is 486 g/mol. The van der Waals surface area contributed by atoms with Gasteiger partial charge in [0.05, 0.1) is 19.6 Å². The van der Waals surface area contributed by atoms with E-state index in [0.29, 0.717) is 29.5 Å². The van der Waals surface area contributed by atoms with Gasteiger partial charge in [-0.3, -0.25) is 10.1 Å². The molecule has 0 aliphatic rings. The largest absolute Gasteiger partial charge is 0.493 e. The van der Waals surface area contributed by atoms with Crippen molar-refractivity contribution in [2.45, 2.75) is 27.2 Å². The molecule has 4 rings (SSSR count). The van der Waals surface area contributed by atoms with Gasteiger partial charge in [0, 0.05) is 23.7 Å². The lowest BCUT2D eigenvalue weighted by Gasteiger charge is -2.18. The second-order valence-electron chi connectivity index (χ2n) is 9.43. The number of nitrogens with zero attached hydrogens (tertiary/aromatic N) is 3. The Labute approximate surface area is 211 Å². The molecule has 0 fully saturated rings. The molecule has 0 unspecified atom stereocenters. The van der Waals surface area contributed by atoms with Crippen LogP contribution >= 0.6 is 0 Å². The lowest BCUT2D eigenvalue weighted by atomic mass is 9.96. The molecule has 0 aliphatic carbocycles. The van der Waals surface area contributed by atoms with Crippen molar-refractivity contribution in [3.05, 3.63) is 66.4 Å². The van der Waals surface area contributed by atoms with E-state index in [-0.39, 0.29) is 11.9 Å². The monoisotopic (exact) mass is 485 g/mol. The molecule has 0 saturated heterocycles. The summed E-state index contributed by atoms with van der Waals surface area (Å²) in [5.41, 5.74) is 2.92. The number of carbonyl (C=O) groups is 1. The quantitative estimate of drug-likeness (QED) is 0.347. The van der Waals surface area contributed by atoms with Gasteiger partial charge in [0.1, 0.15) is 5.82 Å². The summed E-state index contributed by atoms with van der Waals surface area (Å²) in [4.78, 5) is 26.3. The fourth-order valence-electron chi connectivity index (χ4n) is 3.64. The number of ether oxygens (including phenoxy) is 2. The molecule has 8 heteroatoms. The zero-order valence-corrected chi connectivity index (χ0v) is 21.3. The van der Waals surface area contributed by atoms with Crippen molar-refractivity contribution in [1.82, 2.24) is 15.0 Å². The second kappa shape index (κ2) is 10.6. The second-order valence-corrected chi connectivity index (χ2v) is 9.43. The van der Waals surface area contributed by atoms with E-state index in [2.05, 4.69) is 37.7 Å². The summed E-state index contributed by atoms with van der Waals surface area (Å²) in [6, 6.07) is 17.9. The highest BCUT2D eigenvalue weighted by atomic mass is 16.5. The SMILES string of the molecule is COc1ccc(-c2cnc3nc(NC(=O)C(C)(C)C)nc(NCCc4ccccc4)c3c2)cc1OC. The molecule has 0 saturated carbocycles. The van der Waals surface area contributed by atoms with Crippen LogP contribution in [0, 0.1) is 5.41 Å². The fraction of sp³-hybridized carbons (Fsp3) is 0.286. The summed E-state index contributed by atoms with van der Waals surface area (Å²) in [6.45, 7) is 6.19. The molecule has 186 valence electrons. The first-order valence-corrected chi connectivity index (χ1v) is 11.8. The first kappa shape index (κ1) is 24.9. The zero-order valence-electron chi connectivity index (χ0n) is 21.3. The van der Waals surface area contributed by atoms with Crippen LogP contribution in [-0.4, -0.2) is 41.6 Å². The van der Waals surface area contributed by atoms with Gasteiger partial charge >= 0.3 is 0 Å². The van der Waals surface area contributed by atoms with Crippen LogP contribution in [0.1, 0.15) is 26.3 Å². The number of hydrogen-bond donors (Lipinski definition) is 2. The topological polar surface area (TPSA) is 98.3 Å². The molecule has 0 spiro atoms. The third kappa shape index (κ3) is 5.71. The van der Waals surface area contributed by atoms with Crippen LogP contribution in [0.25, 0.3) is 22.2 Å². The third-order valence-corrected chi connectivity index (χ3v) is 5.72. The molecule has 8 nitrogen and oxygen atoms in total. The maximum atomic E-state index is 12.6. The van der Waals surface area contributed by atoms with Crippen LogP contribution in [0.15, 0.2) is 60.8 Å². The van der Waals surface area contributed by atoms with Gasteiger partial charge in [-0.2, -0.15) is 9.97 Å². The normalized spacial score (nSPS) is 11.2. The highest BCUT2D eigenvalue weighted by Crippen LogP contribution is 2.34. The Balaban J connectivity index is 1.71. The van der Waals surface area contributed by atoms with E-state index in [1.165, 1.54) is 5.56 Å². The predicted molar refractivity (Wildman–Crippen MR) is 143 cm³/mol. The molecule has 2 heterocycles. The van der Waals surface area contributed by atoms with Crippen molar-refractivity contribution in [1.29, 1.82) is 0 Å². The van der Waals surface area contributed by atoms with E-state index in [1.807, 2.05) is 63.2 Å². The van der Waals surface area contributed by atoms with Gasteiger partial charge in [0.25, 0.3) is 0 Å². The Hall–Kier alpha value is -4.20. The van der Waals surface area contributed by atoms with Gasteiger partial charge in [-0.25, -0.2) is 4.98 Å². The van der Waals surface area contributed by atoms with E-state index in [9.17, 15) is 4.79 Å². The number of carbonyl (C=O) groups excluding carboxylic acids is 1. The Morgan fingerprint density at radius 2 is 1.67 bits per heavy atom. The minimum atomic E-state index is -0.579. The highest BCUT2D eigenvalue weighted by molar-refractivity contribution is 5.96. The van der Waals surface area contributed by atoms with Crippen LogP contribution < -0.4 is 20.1 Å². The number of anilines is 2. The van der Waals surface area contributed by atoms with Crippen molar-refractivity contribution in [3.8, 4) is 22.6 Å². The first-order valence-electron chi connectivity index (χ1n) is 11.8. The lowest BCUT2D eigenvalue weighted by Crippen LogP contribution is -2.28. The summed E-state index contributed by atoms with van der Waals surface area (Å²) < 4.78 is 10.8. The summed E-state index contributed by atoms with van der Waals surface area (Å²) in [7, 11) is 3.21. The van der Waals surface area contributed by atoms with E-state index < -0.39 is 5.41 Å². The average Bonchev–Trinajstić information content (AvgIpc) is 2.88. The molecular weight excluding hydrogens is 454 g/mol. The first-order chi connectivity index (χ1) is 17.3. The molecule has 2 N–H and O–H groups in total. The molecule has 0 atom stereocenters. The Bertz CT molecular complexity index is 1370. The number of benzene rings is 2. The number of methoxy groups -OCH3 is 2. The number of aromatic nitrogens is 3. The predicted octanol–water partition coefficient (Wildman–Crippen LogP) is 5.35. The van der Waals surface area contributed by atoms with Gasteiger partial charge in [-0.15, -0.1) is 0 Å². The third-order valence-electron chi connectivity index (χ3n) is 5.72. The molecule has 1 amide bonds. The fourth-order valence-corrected chi connectivity index (χ4v) is 3.64. The van der Waals surface area contributed by atoms with Crippen molar-refractivity contribution in [2.75, 3.05) is 31.4 Å². The van der Waals surface area contributed by atoms with Gasteiger partial charge in [0.15, 0.2) is 17.1 Å². The molecule has 0 bridgehead atoms. The standard InChI is InChI=1S/C28H31N5O3/c1-28(2,3)26(34)33-27-31-24(29-14-13-18-9-7-6-8-10-18)21-15-20(17-30-25(21)32-27)19-11-12-22(35-4)23(16-19)36-5/h6-12,15-17H,13-14H2,1-5H3,(H2,29,30,31,32,33,34). The Morgan fingerprint density at radius 3 is 2.36 bits per heavy atom. The number of hydrogen-bond acceptors (Lipinski definition) is 7. The highest BCUT2D eigenvalue weighted by Gasteiger charge is 2.23. The number of pyridine rings is 1. The summed E-state index contributed by atoms with van der Waals surface area (Å²) in [5.74, 6) is 1.94. The maximum absolute atomic E-state index is 12.6. The minimum absolute atomic E-state index is 0.168. The molecule has 0 aliphatic heterocycles. The van der Waals surface area contributed by atoms with Crippen LogP contribution in [0.2, 0.25) is 0 Å². The van der Waals surface area contributed by atoms with Crippen molar-refractivity contribution in [3.63, 3.8) is 0 Å². The van der Waals surface area contributed by atoms with Gasteiger partial charge in [0.2, 0.25) is 11.9 Å². The smallest absolute Gasteiger partial charge is 0.233 e. The maximum Gasteiger partial charge on any atom is 0.233 e. The van der Waals surface area contributed by atoms with E-state index in [4.69, 9.17) is 9.47 Å². The molecule has 4 aromatic rings. The lowest BCUT2D eigenvalue weighted by molar-refractivity contribution is -0.123. The van der Waals surface area contributed by atoms with Gasteiger partial charge in [-0.05, 0) is 35.7 Å². The summed E-state index contributed by atoms with van der Waals surface area (Å²) in [5, 5.41) is 7.00. The van der Waals surface area contributed by atoms with Crippen LogP contribution in [0.4, 0.5) is 11.8 Å². The van der Waals surface area contributed by atoms with Crippen LogP contribution in [0.5, 0.6) is 11.5 Å². The zero-order chi connectivity index (χ0) is 25.7. The van der Waals surface area contributed by atoms with Crippen molar-refractivity contribution < 1.29 is 14.3 Å². The summed E-state index contributed by atoms with van der Waals surface area (Å²) >= 11 is 0. The van der Waals surface area contributed by atoms with E-state index >= 15 is 0 Å². The number of rotatable bonds is 8. The number of nitrogens with one attached hydrogen (secondary N) is 2. The molecular formula is C28H31N5O3. The Morgan fingerprint density at radius 1 is 0.917 bits per heavy atom. The van der Waals surface area contributed by atoms with Gasteiger partial charge < -0.3 is 14.8 Å². The Kier molecular flexibility index (Phi) is 7.33. The van der Waals surface area contributed by atoms with Crippen molar-refractivity contribution >= 4 is 28.7 Å².